The van der Waals surface area contributed by atoms with Crippen LogP contribution in [0.3, 0.4) is 0 Å². The van der Waals surface area contributed by atoms with Gasteiger partial charge in [0.25, 0.3) is 0 Å². The van der Waals surface area contributed by atoms with Crippen LogP contribution in [-0.2, 0) is 9.53 Å². The van der Waals surface area contributed by atoms with Crippen molar-refractivity contribution in [3.8, 4) is 0 Å². The molecule has 0 amide bonds. The van der Waals surface area contributed by atoms with E-state index in [0.717, 1.165) is 6.42 Å². The van der Waals surface area contributed by atoms with Crippen LogP contribution in [0.4, 0.5) is 0 Å². The van der Waals surface area contributed by atoms with Gasteiger partial charge in [0, 0.05) is 12.3 Å². The molecule has 0 aromatic rings. The Hall–Kier alpha value is -0.790. The molecule has 1 fully saturated rings. The Kier molecular flexibility index (Phi) is 2.90. The lowest BCUT2D eigenvalue weighted by molar-refractivity contribution is -0.141. The molecule has 2 heteroatoms. The zero-order chi connectivity index (χ0) is 9.14. The highest BCUT2D eigenvalue weighted by Gasteiger charge is 2.29. The van der Waals surface area contributed by atoms with Crippen LogP contribution < -0.4 is 0 Å². The Morgan fingerprint density at radius 3 is 2.75 bits per heavy atom. The van der Waals surface area contributed by atoms with Crippen LogP contribution in [-0.4, -0.2) is 12.1 Å². The lowest BCUT2D eigenvalue weighted by atomic mass is 10.0. The normalized spacial score (nSPS) is 28.4. The fourth-order valence-corrected chi connectivity index (χ4v) is 1.36. The molecule has 68 valence electrons. The smallest absolute Gasteiger partial charge is 0.306 e. The quantitative estimate of drug-likeness (QED) is 0.467. The molecule has 0 aromatic carbocycles. The first kappa shape index (κ1) is 9.30. The Morgan fingerprint density at radius 2 is 2.33 bits per heavy atom. The summed E-state index contributed by atoms with van der Waals surface area (Å²) < 4.78 is 5.14. The number of rotatable bonds is 2. The fraction of sp³-hybridized carbons (Fsp3) is 0.700. The first-order valence-corrected chi connectivity index (χ1v) is 4.42. The van der Waals surface area contributed by atoms with Gasteiger partial charge in [-0.3, -0.25) is 4.79 Å². The van der Waals surface area contributed by atoms with Gasteiger partial charge in [0.2, 0.25) is 0 Å². The molecule has 0 N–H and O–H groups in total. The number of hydrogen-bond acceptors (Lipinski definition) is 2. The molecule has 0 bridgehead atoms. The summed E-state index contributed by atoms with van der Waals surface area (Å²) in [6.07, 6.45) is 3.70. The highest BCUT2D eigenvalue weighted by atomic mass is 16.5. The molecule has 1 aliphatic rings. The summed E-state index contributed by atoms with van der Waals surface area (Å²) in [4.78, 5) is 10.9. The van der Waals surface area contributed by atoms with Crippen LogP contribution in [0, 0.1) is 5.92 Å². The summed E-state index contributed by atoms with van der Waals surface area (Å²) in [5, 5.41) is 0. The number of cyclic esters (lactones) is 1. The van der Waals surface area contributed by atoms with Gasteiger partial charge in [0.15, 0.2) is 0 Å². The van der Waals surface area contributed by atoms with Crippen molar-refractivity contribution in [1.82, 2.24) is 0 Å². The standard InChI is InChI=1S/C10H16O2/c1-7(2)4-5-9-8(3)6-10(11)12-9/h4,8-9H,5-6H2,1-3H3/t8-,9+/m0/s1. The van der Waals surface area contributed by atoms with Gasteiger partial charge in [0.1, 0.15) is 6.10 Å². The summed E-state index contributed by atoms with van der Waals surface area (Å²) in [6.45, 7) is 6.18. The third-order valence-corrected chi connectivity index (χ3v) is 2.16. The predicted octanol–water partition coefficient (Wildman–Crippen LogP) is 2.29. The second-order valence-electron chi connectivity index (χ2n) is 3.73. The summed E-state index contributed by atoms with van der Waals surface area (Å²) in [6, 6.07) is 0. The number of ether oxygens (including phenoxy) is 1. The number of esters is 1. The van der Waals surface area contributed by atoms with Crippen LogP contribution in [0.15, 0.2) is 11.6 Å². The van der Waals surface area contributed by atoms with Crippen molar-refractivity contribution < 1.29 is 9.53 Å². The van der Waals surface area contributed by atoms with E-state index in [2.05, 4.69) is 26.8 Å². The topological polar surface area (TPSA) is 26.3 Å². The maximum atomic E-state index is 10.9. The van der Waals surface area contributed by atoms with Crippen LogP contribution in [0.1, 0.15) is 33.6 Å². The zero-order valence-electron chi connectivity index (χ0n) is 7.96. The number of carbonyl (C=O) groups is 1. The van der Waals surface area contributed by atoms with Gasteiger partial charge in [0.05, 0.1) is 6.42 Å². The molecular formula is C10H16O2. The number of carbonyl (C=O) groups excluding carboxylic acids is 1. The lowest BCUT2D eigenvalue weighted by Crippen LogP contribution is -2.11. The first-order valence-electron chi connectivity index (χ1n) is 4.42. The largest absolute Gasteiger partial charge is 0.462 e. The van der Waals surface area contributed by atoms with Gasteiger partial charge in [-0.05, 0) is 13.8 Å². The Labute approximate surface area is 73.6 Å². The van der Waals surface area contributed by atoms with E-state index in [1.165, 1.54) is 5.57 Å². The van der Waals surface area contributed by atoms with Crippen LogP contribution >= 0.6 is 0 Å². The minimum Gasteiger partial charge on any atom is -0.462 e. The zero-order valence-corrected chi connectivity index (χ0v) is 7.96. The van der Waals surface area contributed by atoms with Crippen LogP contribution in [0.5, 0.6) is 0 Å². The molecule has 2 nitrogen and oxygen atoms in total. The molecule has 0 aromatic heterocycles. The predicted molar refractivity (Wildman–Crippen MR) is 47.7 cm³/mol. The number of hydrogen-bond donors (Lipinski definition) is 0. The highest BCUT2D eigenvalue weighted by molar-refractivity contribution is 5.72. The van der Waals surface area contributed by atoms with Crippen molar-refractivity contribution >= 4 is 5.97 Å². The molecular weight excluding hydrogens is 152 g/mol. The van der Waals surface area contributed by atoms with Gasteiger partial charge >= 0.3 is 5.97 Å². The third kappa shape index (κ3) is 2.36. The molecule has 0 aliphatic carbocycles. The molecule has 1 aliphatic heterocycles. The van der Waals surface area contributed by atoms with E-state index >= 15 is 0 Å². The van der Waals surface area contributed by atoms with E-state index in [1.54, 1.807) is 0 Å². The second-order valence-corrected chi connectivity index (χ2v) is 3.73. The average molecular weight is 168 g/mol. The van der Waals surface area contributed by atoms with E-state index in [4.69, 9.17) is 4.74 Å². The van der Waals surface area contributed by atoms with Gasteiger partial charge in [-0.15, -0.1) is 0 Å². The lowest BCUT2D eigenvalue weighted by Gasteiger charge is -2.10. The van der Waals surface area contributed by atoms with Gasteiger partial charge < -0.3 is 4.74 Å². The molecule has 0 unspecified atom stereocenters. The van der Waals surface area contributed by atoms with Crippen molar-refractivity contribution in [3.05, 3.63) is 11.6 Å². The van der Waals surface area contributed by atoms with Crippen LogP contribution in [0.25, 0.3) is 0 Å². The molecule has 12 heavy (non-hydrogen) atoms. The van der Waals surface area contributed by atoms with E-state index in [-0.39, 0.29) is 12.1 Å². The maximum absolute atomic E-state index is 10.9. The Bertz CT molecular complexity index is 202. The Balaban J connectivity index is 2.43. The highest BCUT2D eigenvalue weighted by Crippen LogP contribution is 2.24. The van der Waals surface area contributed by atoms with Crippen molar-refractivity contribution in [3.63, 3.8) is 0 Å². The fourth-order valence-electron chi connectivity index (χ4n) is 1.36. The Morgan fingerprint density at radius 1 is 1.67 bits per heavy atom. The molecule has 1 rings (SSSR count). The summed E-state index contributed by atoms with van der Waals surface area (Å²) >= 11 is 0. The van der Waals surface area contributed by atoms with Gasteiger partial charge in [-0.2, -0.15) is 0 Å². The summed E-state index contributed by atoms with van der Waals surface area (Å²) in [5.74, 6) is 0.336. The van der Waals surface area contributed by atoms with Crippen LogP contribution in [0.2, 0.25) is 0 Å². The number of allylic oxidation sites excluding steroid dienone is 1. The summed E-state index contributed by atoms with van der Waals surface area (Å²) in [5.41, 5.74) is 1.28. The molecule has 0 radical (unpaired) electrons. The van der Waals surface area contributed by atoms with E-state index in [9.17, 15) is 4.79 Å². The molecule has 1 heterocycles. The van der Waals surface area contributed by atoms with Crippen molar-refractivity contribution in [1.29, 1.82) is 0 Å². The molecule has 0 saturated carbocycles. The molecule has 1 saturated heterocycles. The monoisotopic (exact) mass is 168 g/mol. The summed E-state index contributed by atoms with van der Waals surface area (Å²) in [7, 11) is 0. The van der Waals surface area contributed by atoms with Gasteiger partial charge in [-0.1, -0.05) is 18.6 Å². The van der Waals surface area contributed by atoms with Crippen molar-refractivity contribution in [2.75, 3.05) is 0 Å². The molecule has 0 spiro atoms. The van der Waals surface area contributed by atoms with E-state index in [1.807, 2.05) is 0 Å². The third-order valence-electron chi connectivity index (χ3n) is 2.16. The minimum atomic E-state index is -0.0466. The minimum absolute atomic E-state index is 0.0466. The van der Waals surface area contributed by atoms with Gasteiger partial charge in [-0.25, -0.2) is 0 Å². The average Bonchev–Trinajstić information content (AvgIpc) is 2.26. The SMILES string of the molecule is CC(C)=CC[C@H]1OC(=O)C[C@@H]1C. The van der Waals surface area contributed by atoms with E-state index in [0.29, 0.717) is 12.3 Å². The first-order chi connectivity index (χ1) is 5.59. The molecule has 2 atom stereocenters. The maximum Gasteiger partial charge on any atom is 0.306 e. The van der Waals surface area contributed by atoms with E-state index < -0.39 is 0 Å². The van der Waals surface area contributed by atoms with Crippen molar-refractivity contribution in [2.24, 2.45) is 5.92 Å². The van der Waals surface area contributed by atoms with Crippen molar-refractivity contribution in [2.45, 2.75) is 39.7 Å². The second kappa shape index (κ2) is 3.74.